The van der Waals surface area contributed by atoms with E-state index in [4.69, 9.17) is 5.73 Å². The van der Waals surface area contributed by atoms with Crippen LogP contribution >= 0.6 is 0 Å². The van der Waals surface area contributed by atoms with Gasteiger partial charge in [-0.1, -0.05) is 0 Å². The summed E-state index contributed by atoms with van der Waals surface area (Å²) < 4.78 is 42.3. The lowest BCUT2D eigenvalue weighted by Crippen LogP contribution is -2.06. The molecule has 0 spiro atoms. The first-order chi connectivity index (χ1) is 10.3. The first-order valence-corrected chi connectivity index (χ1v) is 6.23. The molecule has 2 aromatic carbocycles. The minimum atomic E-state index is -4.44. The van der Waals surface area contributed by atoms with E-state index in [1.807, 2.05) is 0 Å². The SMILES string of the molecule is COC(=O)c1ccc(Nc2ccc(C(F)(F)F)cc2N)cc1. The third-order valence-electron chi connectivity index (χ3n) is 2.96. The number of ether oxygens (including phenoxy) is 1. The molecule has 116 valence electrons. The molecule has 2 rings (SSSR count). The number of carbonyl (C=O) groups is 1. The Hall–Kier alpha value is -2.70. The molecule has 0 unspecified atom stereocenters. The van der Waals surface area contributed by atoms with E-state index in [9.17, 15) is 18.0 Å². The predicted molar refractivity (Wildman–Crippen MR) is 76.9 cm³/mol. The van der Waals surface area contributed by atoms with Gasteiger partial charge < -0.3 is 15.8 Å². The van der Waals surface area contributed by atoms with Crippen LogP contribution in [0.4, 0.5) is 30.2 Å². The van der Waals surface area contributed by atoms with Gasteiger partial charge in [-0.2, -0.15) is 13.2 Å². The Morgan fingerprint density at radius 3 is 2.27 bits per heavy atom. The van der Waals surface area contributed by atoms with Crippen molar-refractivity contribution in [2.75, 3.05) is 18.2 Å². The second-order valence-corrected chi connectivity index (χ2v) is 4.49. The highest BCUT2D eigenvalue weighted by Gasteiger charge is 2.30. The Morgan fingerprint density at radius 1 is 1.14 bits per heavy atom. The summed E-state index contributed by atoms with van der Waals surface area (Å²) in [4.78, 5) is 11.3. The van der Waals surface area contributed by atoms with Gasteiger partial charge in [0.05, 0.1) is 29.6 Å². The second-order valence-electron chi connectivity index (χ2n) is 4.49. The number of hydrogen-bond donors (Lipinski definition) is 2. The zero-order valence-electron chi connectivity index (χ0n) is 11.6. The number of alkyl halides is 3. The van der Waals surface area contributed by atoms with Gasteiger partial charge in [0.25, 0.3) is 0 Å². The summed E-state index contributed by atoms with van der Waals surface area (Å²) in [7, 11) is 1.28. The summed E-state index contributed by atoms with van der Waals surface area (Å²) in [6.07, 6.45) is -4.44. The highest BCUT2D eigenvalue weighted by molar-refractivity contribution is 5.90. The molecule has 2 aromatic rings. The monoisotopic (exact) mass is 310 g/mol. The number of anilines is 3. The van der Waals surface area contributed by atoms with Crippen LogP contribution in [-0.4, -0.2) is 13.1 Å². The minimum absolute atomic E-state index is 0.0214. The number of methoxy groups -OCH3 is 1. The van der Waals surface area contributed by atoms with Gasteiger partial charge in [0.1, 0.15) is 0 Å². The van der Waals surface area contributed by atoms with Crippen molar-refractivity contribution in [1.82, 2.24) is 0 Å². The summed E-state index contributed by atoms with van der Waals surface area (Å²) in [5.74, 6) is -0.472. The van der Waals surface area contributed by atoms with E-state index in [1.165, 1.54) is 25.3 Å². The van der Waals surface area contributed by atoms with Crippen LogP contribution in [0.5, 0.6) is 0 Å². The zero-order valence-corrected chi connectivity index (χ0v) is 11.6. The number of nitrogens with one attached hydrogen (secondary N) is 1. The van der Waals surface area contributed by atoms with Gasteiger partial charge in [0.2, 0.25) is 0 Å². The first-order valence-electron chi connectivity index (χ1n) is 6.23. The molecule has 4 nitrogen and oxygen atoms in total. The fourth-order valence-corrected chi connectivity index (χ4v) is 1.82. The molecule has 0 bridgehead atoms. The van der Waals surface area contributed by atoms with Gasteiger partial charge in [-0.05, 0) is 42.5 Å². The summed E-state index contributed by atoms with van der Waals surface area (Å²) in [5.41, 5.74) is 6.10. The lowest BCUT2D eigenvalue weighted by atomic mass is 10.1. The largest absolute Gasteiger partial charge is 0.465 e. The summed E-state index contributed by atoms with van der Waals surface area (Å²) >= 11 is 0. The van der Waals surface area contributed by atoms with Crippen molar-refractivity contribution >= 4 is 23.0 Å². The Balaban J connectivity index is 2.19. The molecule has 0 amide bonds. The quantitative estimate of drug-likeness (QED) is 0.668. The van der Waals surface area contributed by atoms with Crippen LogP contribution in [0.2, 0.25) is 0 Å². The number of halogens is 3. The average Bonchev–Trinajstić information content (AvgIpc) is 2.48. The van der Waals surface area contributed by atoms with Gasteiger partial charge in [-0.3, -0.25) is 0 Å². The molecule has 0 radical (unpaired) electrons. The van der Waals surface area contributed by atoms with E-state index in [0.717, 1.165) is 12.1 Å². The fourth-order valence-electron chi connectivity index (χ4n) is 1.82. The molecule has 0 aromatic heterocycles. The van der Waals surface area contributed by atoms with Crippen LogP contribution in [0.25, 0.3) is 0 Å². The van der Waals surface area contributed by atoms with E-state index in [-0.39, 0.29) is 5.69 Å². The number of esters is 1. The van der Waals surface area contributed by atoms with E-state index < -0.39 is 17.7 Å². The predicted octanol–water partition coefficient (Wildman–Crippen LogP) is 3.82. The van der Waals surface area contributed by atoms with E-state index in [1.54, 1.807) is 12.1 Å². The molecule has 7 heteroatoms. The van der Waals surface area contributed by atoms with Crippen LogP contribution < -0.4 is 11.1 Å². The molecule has 0 aliphatic carbocycles. The maximum Gasteiger partial charge on any atom is 0.416 e. The molecule has 0 fully saturated rings. The topological polar surface area (TPSA) is 64.3 Å². The third-order valence-corrected chi connectivity index (χ3v) is 2.96. The lowest BCUT2D eigenvalue weighted by molar-refractivity contribution is -0.137. The van der Waals surface area contributed by atoms with Crippen molar-refractivity contribution < 1.29 is 22.7 Å². The molecule has 0 aliphatic rings. The third kappa shape index (κ3) is 3.49. The molecular weight excluding hydrogens is 297 g/mol. The van der Waals surface area contributed by atoms with E-state index in [0.29, 0.717) is 16.9 Å². The Labute approximate surface area is 124 Å². The molecule has 0 heterocycles. The lowest BCUT2D eigenvalue weighted by Gasteiger charge is -2.13. The second kappa shape index (κ2) is 5.97. The molecule has 3 N–H and O–H groups in total. The highest BCUT2D eigenvalue weighted by Crippen LogP contribution is 2.33. The number of rotatable bonds is 3. The van der Waals surface area contributed by atoms with Crippen LogP contribution in [0, 0.1) is 0 Å². The average molecular weight is 310 g/mol. The highest BCUT2D eigenvalue weighted by atomic mass is 19.4. The maximum absolute atomic E-state index is 12.6. The van der Waals surface area contributed by atoms with Gasteiger partial charge in [-0.15, -0.1) is 0 Å². The number of nitrogen functional groups attached to an aromatic ring is 1. The molecular formula is C15H13F3N2O2. The number of hydrogen-bond acceptors (Lipinski definition) is 4. The van der Waals surface area contributed by atoms with Gasteiger partial charge in [0, 0.05) is 5.69 Å². The van der Waals surface area contributed by atoms with E-state index in [2.05, 4.69) is 10.1 Å². The number of benzene rings is 2. The maximum atomic E-state index is 12.6. The molecule has 0 saturated heterocycles. The molecule has 0 aliphatic heterocycles. The summed E-state index contributed by atoms with van der Waals surface area (Å²) in [6, 6.07) is 9.34. The molecule has 0 atom stereocenters. The molecule has 22 heavy (non-hydrogen) atoms. The van der Waals surface area contributed by atoms with Crippen LogP contribution in [0.15, 0.2) is 42.5 Å². The van der Waals surface area contributed by atoms with Gasteiger partial charge >= 0.3 is 12.1 Å². The van der Waals surface area contributed by atoms with Crippen LogP contribution in [-0.2, 0) is 10.9 Å². The fraction of sp³-hybridized carbons (Fsp3) is 0.133. The van der Waals surface area contributed by atoms with Crippen LogP contribution in [0.1, 0.15) is 15.9 Å². The minimum Gasteiger partial charge on any atom is -0.465 e. The number of carbonyl (C=O) groups excluding carboxylic acids is 1. The van der Waals surface area contributed by atoms with Gasteiger partial charge in [0.15, 0.2) is 0 Å². The summed E-state index contributed by atoms with van der Waals surface area (Å²) in [5, 5.41) is 2.89. The van der Waals surface area contributed by atoms with Crippen molar-refractivity contribution in [2.24, 2.45) is 0 Å². The standard InChI is InChI=1S/C15H13F3N2O2/c1-22-14(21)9-2-5-11(6-3-9)20-13-7-4-10(8-12(13)19)15(16,17)18/h2-8,20H,19H2,1H3. The van der Waals surface area contributed by atoms with Gasteiger partial charge in [-0.25, -0.2) is 4.79 Å². The van der Waals surface area contributed by atoms with Crippen molar-refractivity contribution in [3.63, 3.8) is 0 Å². The smallest absolute Gasteiger partial charge is 0.416 e. The Morgan fingerprint density at radius 2 is 1.77 bits per heavy atom. The van der Waals surface area contributed by atoms with Crippen molar-refractivity contribution in [1.29, 1.82) is 0 Å². The summed E-state index contributed by atoms with van der Waals surface area (Å²) in [6.45, 7) is 0. The molecule has 0 saturated carbocycles. The Bertz CT molecular complexity index is 682. The number of nitrogens with two attached hydrogens (primary N) is 1. The van der Waals surface area contributed by atoms with Crippen LogP contribution in [0.3, 0.4) is 0 Å². The normalized spacial score (nSPS) is 11.1. The zero-order chi connectivity index (χ0) is 16.3. The van der Waals surface area contributed by atoms with Crippen molar-refractivity contribution in [3.05, 3.63) is 53.6 Å². The first kappa shape index (κ1) is 15.7. The van der Waals surface area contributed by atoms with Crippen molar-refractivity contribution in [3.8, 4) is 0 Å². The Kier molecular flexibility index (Phi) is 4.25. The van der Waals surface area contributed by atoms with E-state index >= 15 is 0 Å². The van der Waals surface area contributed by atoms with Crippen molar-refractivity contribution in [2.45, 2.75) is 6.18 Å².